The van der Waals surface area contributed by atoms with Crippen LogP contribution in [0.5, 0.6) is 5.75 Å². The van der Waals surface area contributed by atoms with Crippen LogP contribution in [0.3, 0.4) is 0 Å². The molecule has 35 heavy (non-hydrogen) atoms. The zero-order valence-electron chi connectivity index (χ0n) is 20.3. The highest BCUT2D eigenvalue weighted by Crippen LogP contribution is 2.50. The lowest BCUT2D eigenvalue weighted by Crippen LogP contribution is -2.07. The van der Waals surface area contributed by atoms with Crippen LogP contribution in [-0.4, -0.2) is 13.1 Å². The maximum Gasteiger partial charge on any atom is 0.339 e. The van der Waals surface area contributed by atoms with Gasteiger partial charge in [-0.2, -0.15) is 0 Å². The van der Waals surface area contributed by atoms with Gasteiger partial charge >= 0.3 is 5.97 Å². The van der Waals surface area contributed by atoms with Gasteiger partial charge in [-0.05, 0) is 65.6 Å². The SMILES string of the molecule is COc1ccc2ccccc2c1-c1c2c(cc3ccccc13)C(=O)O[C@H]2c1c(C)cc(C)cc1C. The molecule has 0 unspecified atom stereocenters. The third-order valence-electron chi connectivity index (χ3n) is 7.16. The first-order chi connectivity index (χ1) is 17.0. The molecule has 0 radical (unpaired) electrons. The van der Waals surface area contributed by atoms with E-state index in [4.69, 9.17) is 9.47 Å². The van der Waals surface area contributed by atoms with E-state index in [0.717, 1.165) is 60.7 Å². The van der Waals surface area contributed by atoms with Crippen molar-refractivity contribution in [1.82, 2.24) is 0 Å². The normalized spacial score (nSPS) is 14.9. The number of rotatable bonds is 3. The molecule has 6 rings (SSSR count). The van der Waals surface area contributed by atoms with Crippen LogP contribution >= 0.6 is 0 Å². The molecule has 0 fully saturated rings. The Balaban J connectivity index is 1.80. The van der Waals surface area contributed by atoms with Crippen LogP contribution in [0.1, 0.15) is 44.3 Å². The van der Waals surface area contributed by atoms with Crippen LogP contribution in [0, 0.1) is 20.8 Å². The summed E-state index contributed by atoms with van der Waals surface area (Å²) in [6, 6.07) is 26.9. The minimum atomic E-state index is -0.485. The second-order valence-corrected chi connectivity index (χ2v) is 9.40. The minimum Gasteiger partial charge on any atom is -0.496 e. The van der Waals surface area contributed by atoms with Crippen LogP contribution in [0.4, 0.5) is 0 Å². The molecule has 0 amide bonds. The van der Waals surface area contributed by atoms with E-state index in [0.29, 0.717) is 5.56 Å². The zero-order chi connectivity index (χ0) is 24.3. The average molecular weight is 459 g/mol. The number of benzene rings is 5. The smallest absolute Gasteiger partial charge is 0.339 e. The molecular weight excluding hydrogens is 432 g/mol. The quantitative estimate of drug-likeness (QED) is 0.258. The number of carbonyl (C=O) groups excluding carboxylic acids is 1. The predicted octanol–water partition coefficient (Wildman–Crippen LogP) is 7.85. The molecule has 0 saturated heterocycles. The molecule has 1 heterocycles. The molecule has 1 aliphatic rings. The zero-order valence-corrected chi connectivity index (χ0v) is 20.3. The van der Waals surface area contributed by atoms with E-state index >= 15 is 0 Å². The fraction of sp³-hybridized carbons (Fsp3) is 0.156. The molecule has 3 nitrogen and oxygen atoms in total. The van der Waals surface area contributed by atoms with E-state index in [1.165, 1.54) is 5.56 Å². The van der Waals surface area contributed by atoms with Crippen LogP contribution < -0.4 is 4.74 Å². The summed E-state index contributed by atoms with van der Waals surface area (Å²) in [5.74, 6) is 0.494. The second kappa shape index (κ2) is 7.99. The number of esters is 1. The Hall–Kier alpha value is -4.11. The summed E-state index contributed by atoms with van der Waals surface area (Å²) in [4.78, 5) is 13.3. The number of aryl methyl sites for hydroxylation is 3. The van der Waals surface area contributed by atoms with E-state index in [-0.39, 0.29) is 5.97 Å². The fourth-order valence-electron chi connectivity index (χ4n) is 5.79. The highest BCUT2D eigenvalue weighted by molar-refractivity contribution is 6.13. The van der Waals surface area contributed by atoms with Gasteiger partial charge in [0, 0.05) is 22.3 Å². The maximum absolute atomic E-state index is 13.3. The molecule has 5 aromatic carbocycles. The van der Waals surface area contributed by atoms with Gasteiger partial charge in [0.15, 0.2) is 6.10 Å². The average Bonchev–Trinajstić information content (AvgIpc) is 3.17. The van der Waals surface area contributed by atoms with Crippen LogP contribution in [0.15, 0.2) is 78.9 Å². The van der Waals surface area contributed by atoms with Gasteiger partial charge in [-0.1, -0.05) is 72.3 Å². The molecule has 0 saturated carbocycles. The number of ether oxygens (including phenoxy) is 2. The topological polar surface area (TPSA) is 35.5 Å². The van der Waals surface area contributed by atoms with Crippen LogP contribution in [0.2, 0.25) is 0 Å². The summed E-state index contributed by atoms with van der Waals surface area (Å²) in [5, 5.41) is 4.29. The Morgan fingerprint density at radius 3 is 2.03 bits per heavy atom. The van der Waals surface area contributed by atoms with Gasteiger partial charge in [0.25, 0.3) is 0 Å². The van der Waals surface area contributed by atoms with Crippen molar-refractivity contribution >= 4 is 27.5 Å². The van der Waals surface area contributed by atoms with Gasteiger partial charge in [-0.15, -0.1) is 0 Å². The molecular formula is C32H26O3. The Morgan fingerprint density at radius 2 is 1.34 bits per heavy atom. The molecule has 0 spiro atoms. The number of hydrogen-bond donors (Lipinski definition) is 0. The van der Waals surface area contributed by atoms with E-state index in [9.17, 15) is 4.79 Å². The van der Waals surface area contributed by atoms with E-state index in [1.807, 2.05) is 36.4 Å². The molecule has 1 aliphatic heterocycles. The highest BCUT2D eigenvalue weighted by Gasteiger charge is 2.38. The molecule has 0 bridgehead atoms. The Bertz CT molecular complexity index is 1640. The van der Waals surface area contributed by atoms with Gasteiger partial charge in [0.05, 0.1) is 12.7 Å². The first-order valence-corrected chi connectivity index (χ1v) is 11.9. The molecule has 0 aromatic heterocycles. The Labute approximate surface area is 204 Å². The van der Waals surface area contributed by atoms with Crippen molar-refractivity contribution in [2.24, 2.45) is 0 Å². The van der Waals surface area contributed by atoms with Crippen molar-refractivity contribution in [3.8, 4) is 16.9 Å². The minimum absolute atomic E-state index is 0.282. The van der Waals surface area contributed by atoms with Crippen molar-refractivity contribution in [3.63, 3.8) is 0 Å². The van der Waals surface area contributed by atoms with Crippen molar-refractivity contribution < 1.29 is 14.3 Å². The van der Waals surface area contributed by atoms with Crippen molar-refractivity contribution in [1.29, 1.82) is 0 Å². The summed E-state index contributed by atoms with van der Waals surface area (Å²) < 4.78 is 12.1. The Kier molecular flexibility index (Phi) is 4.89. The van der Waals surface area contributed by atoms with Crippen molar-refractivity contribution in [2.75, 3.05) is 7.11 Å². The highest BCUT2D eigenvalue weighted by atomic mass is 16.5. The number of methoxy groups -OCH3 is 1. The van der Waals surface area contributed by atoms with Crippen LogP contribution in [0.25, 0.3) is 32.7 Å². The molecule has 0 N–H and O–H groups in total. The van der Waals surface area contributed by atoms with E-state index in [2.05, 4.69) is 63.2 Å². The molecule has 5 aromatic rings. The van der Waals surface area contributed by atoms with Crippen LogP contribution in [-0.2, 0) is 4.74 Å². The van der Waals surface area contributed by atoms with Crippen molar-refractivity contribution in [2.45, 2.75) is 26.9 Å². The summed E-state index contributed by atoms with van der Waals surface area (Å²) in [7, 11) is 1.70. The lowest BCUT2D eigenvalue weighted by Gasteiger charge is -2.22. The standard InChI is InChI=1S/C32H26O3/c1-18-15-19(2)27(20(3)16-18)31-30-25(32(33)35-31)17-22-10-6-8-12-24(22)29(30)28-23-11-7-5-9-21(23)13-14-26(28)34-4/h5-17,31H,1-4H3/t31-/m0/s1. The van der Waals surface area contributed by atoms with Gasteiger partial charge in [0.1, 0.15) is 5.75 Å². The number of fused-ring (bicyclic) bond motifs is 3. The van der Waals surface area contributed by atoms with Gasteiger partial charge in [-0.25, -0.2) is 4.79 Å². The monoisotopic (exact) mass is 458 g/mol. The van der Waals surface area contributed by atoms with E-state index < -0.39 is 6.10 Å². The number of cyclic esters (lactones) is 1. The predicted molar refractivity (Wildman–Crippen MR) is 141 cm³/mol. The molecule has 172 valence electrons. The Morgan fingerprint density at radius 1 is 0.714 bits per heavy atom. The fourth-order valence-corrected chi connectivity index (χ4v) is 5.79. The number of hydrogen-bond acceptors (Lipinski definition) is 3. The third-order valence-corrected chi connectivity index (χ3v) is 7.16. The summed E-state index contributed by atoms with van der Waals surface area (Å²) in [5.41, 5.74) is 8.03. The lowest BCUT2D eigenvalue weighted by atomic mass is 9.82. The van der Waals surface area contributed by atoms with Gasteiger partial charge in [0.2, 0.25) is 0 Å². The summed E-state index contributed by atoms with van der Waals surface area (Å²) in [6.45, 7) is 6.29. The number of carbonyl (C=O) groups is 1. The third kappa shape index (κ3) is 3.23. The first kappa shape index (κ1) is 21.4. The summed E-state index contributed by atoms with van der Waals surface area (Å²) in [6.07, 6.45) is -0.485. The first-order valence-electron chi connectivity index (χ1n) is 11.9. The van der Waals surface area contributed by atoms with Gasteiger partial charge < -0.3 is 9.47 Å². The lowest BCUT2D eigenvalue weighted by molar-refractivity contribution is 0.0455. The largest absolute Gasteiger partial charge is 0.496 e. The second-order valence-electron chi connectivity index (χ2n) is 9.40. The molecule has 3 heteroatoms. The summed E-state index contributed by atoms with van der Waals surface area (Å²) >= 11 is 0. The maximum atomic E-state index is 13.3. The van der Waals surface area contributed by atoms with Gasteiger partial charge in [-0.3, -0.25) is 0 Å². The van der Waals surface area contributed by atoms with Crippen molar-refractivity contribution in [3.05, 3.63) is 112 Å². The molecule has 1 atom stereocenters. The molecule has 0 aliphatic carbocycles. The van der Waals surface area contributed by atoms with E-state index in [1.54, 1.807) is 7.11 Å².